The minimum Gasteiger partial charge on any atom is -0.392 e. The lowest BCUT2D eigenvalue weighted by Crippen LogP contribution is -2.19. The number of fused-ring (bicyclic) bond motifs is 1. The summed E-state index contributed by atoms with van der Waals surface area (Å²) in [5, 5.41) is 9.33. The van der Waals surface area contributed by atoms with Crippen LogP contribution in [0.4, 0.5) is 0 Å². The van der Waals surface area contributed by atoms with Gasteiger partial charge in [0.25, 0.3) is 0 Å². The van der Waals surface area contributed by atoms with Crippen LogP contribution in [0.5, 0.6) is 0 Å². The Morgan fingerprint density at radius 1 is 1.50 bits per heavy atom. The Labute approximate surface area is 96.4 Å². The van der Waals surface area contributed by atoms with Crippen molar-refractivity contribution < 1.29 is 9.90 Å². The summed E-state index contributed by atoms with van der Waals surface area (Å²) in [6.45, 7) is 4.38. The maximum absolute atomic E-state index is 11.4. The van der Waals surface area contributed by atoms with E-state index in [2.05, 4.69) is 13.8 Å². The second-order valence-electron chi connectivity index (χ2n) is 5.07. The van der Waals surface area contributed by atoms with Gasteiger partial charge in [0.05, 0.1) is 6.61 Å². The number of hydrogen-bond donors (Lipinski definition) is 1. The molecule has 0 radical (unpaired) electrons. The quantitative estimate of drug-likeness (QED) is 0.733. The van der Waals surface area contributed by atoms with Crippen LogP contribution in [-0.2, 0) is 4.79 Å². The Kier molecular flexibility index (Phi) is 2.85. The molecule has 1 N–H and O–H groups in total. The summed E-state index contributed by atoms with van der Waals surface area (Å²) >= 11 is 0. The molecule has 2 nitrogen and oxygen atoms in total. The summed E-state index contributed by atoms with van der Waals surface area (Å²) < 4.78 is 0. The van der Waals surface area contributed by atoms with E-state index in [-0.39, 0.29) is 17.8 Å². The average molecular weight is 218 g/mol. The number of hydrogen-bond acceptors (Lipinski definition) is 2. The summed E-state index contributed by atoms with van der Waals surface area (Å²) in [7, 11) is 0. The summed E-state index contributed by atoms with van der Waals surface area (Å²) in [4.78, 5) is 11.4. The number of rotatable bonds is 1. The molecule has 0 saturated carbocycles. The second-order valence-corrected chi connectivity index (χ2v) is 5.07. The minimum absolute atomic E-state index is 0.0287. The van der Waals surface area contributed by atoms with Crippen molar-refractivity contribution in [3.63, 3.8) is 0 Å². The van der Waals surface area contributed by atoms with Crippen molar-refractivity contribution in [2.24, 2.45) is 11.3 Å². The van der Waals surface area contributed by atoms with Crippen LogP contribution in [0.2, 0.25) is 0 Å². The first-order chi connectivity index (χ1) is 7.55. The highest BCUT2D eigenvalue weighted by Gasteiger charge is 2.31. The lowest BCUT2D eigenvalue weighted by Gasteiger charge is -2.28. The van der Waals surface area contributed by atoms with Crippen molar-refractivity contribution in [3.05, 3.63) is 35.5 Å². The van der Waals surface area contributed by atoms with Crippen LogP contribution in [0.3, 0.4) is 0 Å². The third-order valence-electron chi connectivity index (χ3n) is 3.83. The number of ketones is 1. The Balaban J connectivity index is 2.44. The van der Waals surface area contributed by atoms with Crippen molar-refractivity contribution in [2.75, 3.05) is 6.61 Å². The van der Waals surface area contributed by atoms with Crippen LogP contribution in [0.25, 0.3) is 0 Å². The van der Waals surface area contributed by atoms with Crippen molar-refractivity contribution in [2.45, 2.75) is 26.7 Å². The number of carbonyl (C=O) groups is 1. The number of aliphatic hydroxyl groups excluding tert-OH is 1. The topological polar surface area (TPSA) is 37.3 Å². The number of allylic oxidation sites excluding steroid dienone is 5. The summed E-state index contributed by atoms with van der Waals surface area (Å²) in [6.07, 6.45) is 9.47. The zero-order valence-electron chi connectivity index (χ0n) is 9.86. The first-order valence-corrected chi connectivity index (χ1v) is 5.82. The van der Waals surface area contributed by atoms with Gasteiger partial charge in [-0.1, -0.05) is 26.0 Å². The molecule has 0 saturated heterocycles. The van der Waals surface area contributed by atoms with E-state index >= 15 is 0 Å². The van der Waals surface area contributed by atoms with E-state index in [0.29, 0.717) is 5.92 Å². The lowest BCUT2D eigenvalue weighted by molar-refractivity contribution is -0.110. The van der Waals surface area contributed by atoms with E-state index in [9.17, 15) is 9.90 Å². The van der Waals surface area contributed by atoms with E-state index in [1.807, 2.05) is 12.2 Å². The van der Waals surface area contributed by atoms with Crippen LogP contribution < -0.4 is 0 Å². The van der Waals surface area contributed by atoms with Crippen molar-refractivity contribution >= 4 is 5.78 Å². The predicted molar refractivity (Wildman–Crippen MR) is 63.9 cm³/mol. The van der Waals surface area contributed by atoms with Gasteiger partial charge in [0.2, 0.25) is 0 Å². The van der Waals surface area contributed by atoms with Crippen LogP contribution >= 0.6 is 0 Å². The van der Waals surface area contributed by atoms with Gasteiger partial charge in [0, 0.05) is 5.41 Å². The van der Waals surface area contributed by atoms with Crippen LogP contribution in [0, 0.1) is 11.3 Å². The van der Waals surface area contributed by atoms with Gasteiger partial charge in [-0.2, -0.15) is 0 Å². The molecule has 0 bridgehead atoms. The summed E-state index contributed by atoms with van der Waals surface area (Å²) in [6, 6.07) is 0. The molecule has 2 aliphatic rings. The molecule has 2 aliphatic carbocycles. The third kappa shape index (κ3) is 1.90. The SMILES string of the molecule is C[C@H]1CC[C@@]2(C)C=CC(=O)C=C2C=C1CO. The fourth-order valence-electron chi connectivity index (χ4n) is 2.41. The highest BCUT2D eigenvalue weighted by atomic mass is 16.3. The number of carbonyl (C=O) groups excluding carboxylic acids is 1. The lowest BCUT2D eigenvalue weighted by atomic mass is 9.75. The monoisotopic (exact) mass is 218 g/mol. The van der Waals surface area contributed by atoms with E-state index in [1.165, 1.54) is 0 Å². The van der Waals surface area contributed by atoms with Crippen molar-refractivity contribution in [1.82, 2.24) is 0 Å². The first-order valence-electron chi connectivity index (χ1n) is 5.82. The van der Waals surface area contributed by atoms with Gasteiger partial charge in [0.15, 0.2) is 5.78 Å². The average Bonchev–Trinajstić information content (AvgIpc) is 2.38. The molecule has 0 spiro atoms. The van der Waals surface area contributed by atoms with E-state index < -0.39 is 0 Å². The Bertz CT molecular complexity index is 401. The molecule has 0 aromatic heterocycles. The van der Waals surface area contributed by atoms with Crippen LogP contribution in [0.15, 0.2) is 35.5 Å². The number of aliphatic hydroxyl groups is 1. The molecule has 0 heterocycles. The molecule has 0 amide bonds. The predicted octanol–water partition coefficient (Wildman–Crippen LogP) is 2.41. The normalized spacial score (nSPS) is 33.9. The highest BCUT2D eigenvalue weighted by Crippen LogP contribution is 2.42. The smallest absolute Gasteiger partial charge is 0.178 e. The standard InChI is InChI=1S/C14H18O2/c1-10-3-5-14(2)6-4-13(16)8-12(14)7-11(10)9-15/h4,6-8,10,15H,3,5,9H2,1-2H3/t10-,14-/m0/s1. The molecule has 0 unspecified atom stereocenters. The molecule has 2 heteroatoms. The largest absolute Gasteiger partial charge is 0.392 e. The molecule has 2 rings (SSSR count). The first kappa shape index (κ1) is 11.3. The van der Waals surface area contributed by atoms with Crippen molar-refractivity contribution in [3.8, 4) is 0 Å². The molecule has 0 aliphatic heterocycles. The Morgan fingerprint density at radius 2 is 2.25 bits per heavy atom. The molecule has 16 heavy (non-hydrogen) atoms. The zero-order chi connectivity index (χ0) is 11.8. The maximum Gasteiger partial charge on any atom is 0.178 e. The van der Waals surface area contributed by atoms with E-state index in [0.717, 1.165) is 24.0 Å². The molecule has 0 fully saturated rings. The molecular formula is C14H18O2. The third-order valence-corrected chi connectivity index (χ3v) is 3.83. The van der Waals surface area contributed by atoms with Gasteiger partial charge in [-0.05, 0) is 42.1 Å². The van der Waals surface area contributed by atoms with Crippen LogP contribution in [0.1, 0.15) is 26.7 Å². The highest BCUT2D eigenvalue weighted by molar-refractivity contribution is 6.01. The van der Waals surface area contributed by atoms with E-state index in [4.69, 9.17) is 0 Å². The molecule has 0 aromatic rings. The summed E-state index contributed by atoms with van der Waals surface area (Å²) in [5.74, 6) is 0.451. The van der Waals surface area contributed by atoms with Gasteiger partial charge in [-0.15, -0.1) is 0 Å². The fourth-order valence-corrected chi connectivity index (χ4v) is 2.41. The summed E-state index contributed by atoms with van der Waals surface area (Å²) in [5.41, 5.74) is 2.06. The Morgan fingerprint density at radius 3 is 2.94 bits per heavy atom. The minimum atomic E-state index is -0.0287. The Hall–Kier alpha value is -1.15. The van der Waals surface area contributed by atoms with Gasteiger partial charge < -0.3 is 5.11 Å². The van der Waals surface area contributed by atoms with Gasteiger partial charge >= 0.3 is 0 Å². The van der Waals surface area contributed by atoms with Gasteiger partial charge in [-0.25, -0.2) is 0 Å². The van der Waals surface area contributed by atoms with Gasteiger partial charge in [0.1, 0.15) is 0 Å². The van der Waals surface area contributed by atoms with Crippen LogP contribution in [-0.4, -0.2) is 17.5 Å². The second kappa shape index (κ2) is 4.02. The molecule has 86 valence electrons. The molecule has 2 atom stereocenters. The maximum atomic E-state index is 11.4. The zero-order valence-corrected chi connectivity index (χ0v) is 9.86. The van der Waals surface area contributed by atoms with Crippen molar-refractivity contribution in [1.29, 1.82) is 0 Å². The fraction of sp³-hybridized carbons (Fsp3) is 0.500. The molecule has 0 aromatic carbocycles. The molecular weight excluding hydrogens is 200 g/mol. The van der Waals surface area contributed by atoms with Gasteiger partial charge in [-0.3, -0.25) is 4.79 Å². The van der Waals surface area contributed by atoms with E-state index in [1.54, 1.807) is 12.2 Å².